The molecule has 1 heterocycles. The van der Waals surface area contributed by atoms with Crippen LogP contribution < -0.4 is 5.32 Å². The van der Waals surface area contributed by atoms with Crippen LogP contribution in [-0.2, 0) is 22.4 Å². The Hall–Kier alpha value is -1.39. The van der Waals surface area contributed by atoms with Crippen molar-refractivity contribution in [2.45, 2.75) is 45.6 Å². The molecule has 0 aromatic heterocycles. The van der Waals surface area contributed by atoms with Crippen LogP contribution in [0.15, 0.2) is 24.3 Å². The highest BCUT2D eigenvalue weighted by Gasteiger charge is 2.22. The quantitative estimate of drug-likeness (QED) is 0.811. The highest BCUT2D eigenvalue weighted by Crippen LogP contribution is 2.18. The molecule has 1 unspecified atom stereocenters. The molecule has 1 fully saturated rings. The van der Waals surface area contributed by atoms with E-state index >= 15 is 0 Å². The lowest BCUT2D eigenvalue weighted by atomic mass is 9.94. The fraction of sp³-hybridized carbons (Fsp3) is 0.632. The molecule has 1 atom stereocenters. The molecular formula is C19H29NO3. The molecule has 1 saturated heterocycles. The maximum absolute atomic E-state index is 12.0. The van der Waals surface area contributed by atoms with E-state index in [0.29, 0.717) is 32.1 Å². The van der Waals surface area contributed by atoms with Gasteiger partial charge in [-0.05, 0) is 42.2 Å². The summed E-state index contributed by atoms with van der Waals surface area (Å²) < 4.78 is 5.29. The predicted octanol–water partition coefficient (Wildman–Crippen LogP) is 2.33. The molecule has 0 saturated carbocycles. The summed E-state index contributed by atoms with van der Waals surface area (Å²) in [6, 6.07) is 8.23. The summed E-state index contributed by atoms with van der Waals surface area (Å²) in [7, 11) is 0. The second-order valence-corrected chi connectivity index (χ2v) is 6.91. The second-order valence-electron chi connectivity index (χ2n) is 6.91. The van der Waals surface area contributed by atoms with Gasteiger partial charge < -0.3 is 15.2 Å². The largest absolute Gasteiger partial charge is 0.391 e. The topological polar surface area (TPSA) is 58.6 Å². The van der Waals surface area contributed by atoms with E-state index in [0.717, 1.165) is 24.8 Å². The molecule has 23 heavy (non-hydrogen) atoms. The molecular weight excluding hydrogens is 290 g/mol. The van der Waals surface area contributed by atoms with Gasteiger partial charge in [-0.15, -0.1) is 0 Å². The average molecular weight is 319 g/mol. The molecule has 1 amide bonds. The van der Waals surface area contributed by atoms with Gasteiger partial charge in [0.2, 0.25) is 5.91 Å². The molecule has 1 aliphatic rings. The molecule has 4 nitrogen and oxygen atoms in total. The van der Waals surface area contributed by atoms with Gasteiger partial charge in [0, 0.05) is 19.8 Å². The lowest BCUT2D eigenvalue weighted by Gasteiger charge is -2.26. The van der Waals surface area contributed by atoms with Crippen LogP contribution in [0.1, 0.15) is 37.8 Å². The number of ether oxygens (including phenoxy) is 1. The van der Waals surface area contributed by atoms with Gasteiger partial charge in [0.1, 0.15) is 0 Å². The van der Waals surface area contributed by atoms with Crippen molar-refractivity contribution in [2.75, 3.05) is 19.8 Å². The third-order valence-electron chi connectivity index (χ3n) is 4.35. The van der Waals surface area contributed by atoms with Crippen molar-refractivity contribution in [2.24, 2.45) is 11.8 Å². The standard InChI is InChI=1S/C19H29NO3/c1-14(2)11-15-3-5-16(6-4-15)12-19(22)20-13-18(21)17-7-9-23-10-8-17/h3-6,14,17-18,21H,7-13H2,1-2H3,(H,20,22). The first-order valence-electron chi connectivity index (χ1n) is 8.65. The smallest absolute Gasteiger partial charge is 0.224 e. The minimum Gasteiger partial charge on any atom is -0.391 e. The van der Waals surface area contributed by atoms with Gasteiger partial charge in [0.15, 0.2) is 0 Å². The van der Waals surface area contributed by atoms with Crippen molar-refractivity contribution in [1.82, 2.24) is 5.32 Å². The van der Waals surface area contributed by atoms with Gasteiger partial charge in [-0.3, -0.25) is 4.79 Å². The monoisotopic (exact) mass is 319 g/mol. The van der Waals surface area contributed by atoms with Gasteiger partial charge in [-0.1, -0.05) is 38.1 Å². The maximum Gasteiger partial charge on any atom is 0.224 e. The zero-order valence-electron chi connectivity index (χ0n) is 14.3. The van der Waals surface area contributed by atoms with E-state index in [1.807, 2.05) is 12.1 Å². The number of amides is 1. The Bertz CT molecular complexity index is 478. The number of hydrogen-bond donors (Lipinski definition) is 2. The van der Waals surface area contributed by atoms with Crippen LogP contribution in [0.4, 0.5) is 0 Å². The summed E-state index contributed by atoms with van der Waals surface area (Å²) in [5.74, 6) is 0.836. The first kappa shape index (κ1) is 18.0. The van der Waals surface area contributed by atoms with E-state index < -0.39 is 6.10 Å². The summed E-state index contributed by atoms with van der Waals surface area (Å²) in [6.45, 7) is 6.14. The molecule has 2 rings (SSSR count). The Labute approximate surface area is 139 Å². The van der Waals surface area contributed by atoms with Gasteiger partial charge >= 0.3 is 0 Å². The molecule has 0 aliphatic carbocycles. The van der Waals surface area contributed by atoms with E-state index in [2.05, 4.69) is 31.3 Å². The molecule has 4 heteroatoms. The van der Waals surface area contributed by atoms with E-state index in [1.54, 1.807) is 0 Å². The van der Waals surface area contributed by atoms with Crippen molar-refractivity contribution in [3.8, 4) is 0 Å². The summed E-state index contributed by atoms with van der Waals surface area (Å²) in [4.78, 5) is 12.0. The minimum absolute atomic E-state index is 0.0345. The molecule has 0 bridgehead atoms. The Kier molecular flexibility index (Phi) is 7.06. The van der Waals surface area contributed by atoms with E-state index in [9.17, 15) is 9.90 Å². The van der Waals surface area contributed by atoms with Crippen LogP contribution in [0, 0.1) is 11.8 Å². The van der Waals surface area contributed by atoms with Gasteiger partial charge in [-0.2, -0.15) is 0 Å². The molecule has 128 valence electrons. The lowest BCUT2D eigenvalue weighted by molar-refractivity contribution is -0.121. The molecule has 0 radical (unpaired) electrons. The predicted molar refractivity (Wildman–Crippen MR) is 91.2 cm³/mol. The maximum atomic E-state index is 12.0. The normalized spacial score (nSPS) is 17.2. The SMILES string of the molecule is CC(C)Cc1ccc(CC(=O)NCC(O)C2CCOCC2)cc1. The number of benzene rings is 1. The summed E-state index contributed by atoms with van der Waals surface area (Å²) in [5, 5.41) is 13.0. The highest BCUT2D eigenvalue weighted by atomic mass is 16.5. The van der Waals surface area contributed by atoms with Crippen molar-refractivity contribution in [1.29, 1.82) is 0 Å². The fourth-order valence-corrected chi connectivity index (χ4v) is 3.00. The number of aliphatic hydroxyl groups is 1. The summed E-state index contributed by atoms with van der Waals surface area (Å²) in [5.41, 5.74) is 2.31. The van der Waals surface area contributed by atoms with Gasteiger partial charge in [0.05, 0.1) is 12.5 Å². The molecule has 2 N–H and O–H groups in total. The first-order valence-corrected chi connectivity index (χ1v) is 8.65. The van der Waals surface area contributed by atoms with Crippen LogP contribution in [0.25, 0.3) is 0 Å². The van der Waals surface area contributed by atoms with E-state index in [-0.39, 0.29) is 11.8 Å². The number of aliphatic hydroxyl groups excluding tert-OH is 1. The van der Waals surface area contributed by atoms with Crippen LogP contribution in [0.2, 0.25) is 0 Å². The zero-order chi connectivity index (χ0) is 16.7. The third-order valence-corrected chi connectivity index (χ3v) is 4.35. The van der Waals surface area contributed by atoms with Crippen LogP contribution in [0.5, 0.6) is 0 Å². The van der Waals surface area contributed by atoms with Crippen LogP contribution in [0.3, 0.4) is 0 Å². The number of rotatable bonds is 7. The van der Waals surface area contributed by atoms with Crippen molar-refractivity contribution < 1.29 is 14.6 Å². The Morgan fingerprint density at radius 1 is 1.22 bits per heavy atom. The third kappa shape index (κ3) is 6.32. The van der Waals surface area contributed by atoms with E-state index in [4.69, 9.17) is 4.74 Å². The van der Waals surface area contributed by atoms with Crippen molar-refractivity contribution in [3.63, 3.8) is 0 Å². The molecule has 0 spiro atoms. The fourth-order valence-electron chi connectivity index (χ4n) is 3.00. The highest BCUT2D eigenvalue weighted by molar-refractivity contribution is 5.78. The van der Waals surface area contributed by atoms with E-state index in [1.165, 1.54) is 5.56 Å². The number of nitrogens with one attached hydrogen (secondary N) is 1. The second kappa shape index (κ2) is 9.04. The average Bonchev–Trinajstić information content (AvgIpc) is 2.55. The molecule has 1 aliphatic heterocycles. The van der Waals surface area contributed by atoms with Gasteiger partial charge in [-0.25, -0.2) is 0 Å². The number of carbonyl (C=O) groups is 1. The first-order chi connectivity index (χ1) is 11.0. The zero-order valence-corrected chi connectivity index (χ0v) is 14.3. The van der Waals surface area contributed by atoms with Gasteiger partial charge in [0.25, 0.3) is 0 Å². The Balaban J connectivity index is 1.73. The number of hydrogen-bond acceptors (Lipinski definition) is 3. The van der Waals surface area contributed by atoms with Crippen molar-refractivity contribution in [3.05, 3.63) is 35.4 Å². The minimum atomic E-state index is -0.476. The summed E-state index contributed by atoms with van der Waals surface area (Å²) >= 11 is 0. The Morgan fingerprint density at radius 2 is 1.83 bits per heavy atom. The van der Waals surface area contributed by atoms with Crippen molar-refractivity contribution >= 4 is 5.91 Å². The van der Waals surface area contributed by atoms with Crippen LogP contribution in [-0.4, -0.2) is 36.9 Å². The lowest BCUT2D eigenvalue weighted by Crippen LogP contribution is -2.38. The van der Waals surface area contributed by atoms with Crippen LogP contribution >= 0.6 is 0 Å². The summed E-state index contributed by atoms with van der Waals surface area (Å²) in [6.07, 6.45) is 2.69. The number of carbonyl (C=O) groups excluding carboxylic acids is 1. The Morgan fingerprint density at radius 3 is 2.43 bits per heavy atom. The molecule has 1 aromatic carbocycles. The molecule has 1 aromatic rings.